The average Bonchev–Trinajstić information content (AvgIpc) is 3.24. The minimum atomic E-state index is -0.247. The molecule has 1 aliphatic rings. The quantitative estimate of drug-likeness (QED) is 0.724. The fourth-order valence-corrected chi connectivity index (χ4v) is 3.69. The first kappa shape index (κ1) is 18.9. The van der Waals surface area contributed by atoms with Crippen molar-refractivity contribution in [3.8, 4) is 17.1 Å². The molecular weight excluding hydrogens is 368 g/mol. The highest BCUT2D eigenvalue weighted by molar-refractivity contribution is 5.79. The maximum absolute atomic E-state index is 13.0. The van der Waals surface area contributed by atoms with Crippen molar-refractivity contribution < 1.29 is 9.53 Å². The number of H-pyrrole nitrogens is 1. The normalized spacial score (nSPS) is 16.0. The molecule has 4 rings (SSSR count). The summed E-state index contributed by atoms with van der Waals surface area (Å²) in [4.78, 5) is 38.8. The molecule has 0 radical (unpaired) electrons. The van der Waals surface area contributed by atoms with Gasteiger partial charge in [0.2, 0.25) is 5.91 Å². The number of ether oxygens (including phenoxy) is 1. The molecule has 1 atom stereocenters. The van der Waals surface area contributed by atoms with E-state index in [0.717, 1.165) is 24.2 Å². The van der Waals surface area contributed by atoms with Crippen molar-refractivity contribution in [2.24, 2.45) is 0 Å². The van der Waals surface area contributed by atoms with Gasteiger partial charge in [-0.15, -0.1) is 0 Å². The van der Waals surface area contributed by atoms with Gasteiger partial charge in [-0.1, -0.05) is 18.2 Å². The number of rotatable bonds is 5. The first-order valence-electron chi connectivity index (χ1n) is 9.59. The Morgan fingerprint density at radius 2 is 2.10 bits per heavy atom. The number of pyridine rings is 1. The van der Waals surface area contributed by atoms with Crippen LogP contribution in [0.25, 0.3) is 11.4 Å². The first-order valence-corrected chi connectivity index (χ1v) is 9.59. The monoisotopic (exact) mass is 390 g/mol. The summed E-state index contributed by atoms with van der Waals surface area (Å²) in [7, 11) is 1.61. The third kappa shape index (κ3) is 4.18. The number of hydrogen-bond acceptors (Lipinski definition) is 5. The van der Waals surface area contributed by atoms with Gasteiger partial charge in [0.15, 0.2) is 0 Å². The zero-order chi connectivity index (χ0) is 20.2. The molecule has 1 fully saturated rings. The Bertz CT molecular complexity index is 1060. The largest absolute Gasteiger partial charge is 0.497 e. The van der Waals surface area contributed by atoms with Gasteiger partial charge in [0.1, 0.15) is 11.6 Å². The van der Waals surface area contributed by atoms with E-state index in [1.807, 2.05) is 42.5 Å². The van der Waals surface area contributed by atoms with Crippen molar-refractivity contribution in [1.82, 2.24) is 19.9 Å². The van der Waals surface area contributed by atoms with Crippen molar-refractivity contribution >= 4 is 5.91 Å². The molecule has 3 aromatic rings. The van der Waals surface area contributed by atoms with Gasteiger partial charge in [-0.25, -0.2) is 4.98 Å². The second kappa shape index (κ2) is 8.26. The molecule has 0 bridgehead atoms. The summed E-state index contributed by atoms with van der Waals surface area (Å²) in [6.45, 7) is 0.644. The van der Waals surface area contributed by atoms with Gasteiger partial charge in [-0.2, -0.15) is 0 Å². The number of methoxy groups -OCH3 is 1. The summed E-state index contributed by atoms with van der Waals surface area (Å²) in [5.41, 5.74) is 1.79. The van der Waals surface area contributed by atoms with Gasteiger partial charge in [0.25, 0.3) is 5.56 Å². The zero-order valence-electron chi connectivity index (χ0n) is 16.2. The molecule has 7 nitrogen and oxygen atoms in total. The summed E-state index contributed by atoms with van der Waals surface area (Å²) in [5, 5.41) is 0. The van der Waals surface area contributed by atoms with Crippen LogP contribution in [0.3, 0.4) is 0 Å². The number of aromatic nitrogens is 3. The number of benzene rings is 1. The van der Waals surface area contributed by atoms with E-state index in [4.69, 9.17) is 4.74 Å². The Morgan fingerprint density at radius 1 is 1.21 bits per heavy atom. The van der Waals surface area contributed by atoms with E-state index in [1.54, 1.807) is 18.2 Å². The highest BCUT2D eigenvalue weighted by Gasteiger charge is 2.32. The lowest BCUT2D eigenvalue weighted by Gasteiger charge is -2.24. The second-order valence-corrected chi connectivity index (χ2v) is 7.00. The Hall–Kier alpha value is -3.48. The van der Waals surface area contributed by atoms with E-state index in [1.165, 1.54) is 6.07 Å². The van der Waals surface area contributed by atoms with Crippen LogP contribution >= 0.6 is 0 Å². The number of carbonyl (C=O) groups is 1. The summed E-state index contributed by atoms with van der Waals surface area (Å²) < 4.78 is 5.24. The lowest BCUT2D eigenvalue weighted by molar-refractivity contribution is -0.131. The fourth-order valence-electron chi connectivity index (χ4n) is 3.69. The van der Waals surface area contributed by atoms with E-state index in [2.05, 4.69) is 15.0 Å². The molecule has 3 heterocycles. The Kier molecular flexibility index (Phi) is 5.37. The molecule has 1 amide bonds. The maximum atomic E-state index is 13.0. The van der Waals surface area contributed by atoms with Crippen molar-refractivity contribution in [3.05, 3.63) is 76.5 Å². The van der Waals surface area contributed by atoms with E-state index < -0.39 is 0 Å². The smallest absolute Gasteiger partial charge is 0.251 e. The molecule has 1 saturated heterocycles. The van der Waals surface area contributed by atoms with Crippen LogP contribution in [0.2, 0.25) is 0 Å². The summed E-state index contributed by atoms with van der Waals surface area (Å²) >= 11 is 0. The summed E-state index contributed by atoms with van der Waals surface area (Å²) in [6, 6.07) is 14.2. The molecule has 1 aromatic carbocycles. The van der Waals surface area contributed by atoms with Crippen LogP contribution < -0.4 is 10.3 Å². The Balaban J connectivity index is 1.59. The van der Waals surface area contributed by atoms with Crippen LogP contribution in [-0.2, 0) is 11.2 Å². The lowest BCUT2D eigenvalue weighted by Crippen LogP contribution is -2.33. The maximum Gasteiger partial charge on any atom is 0.251 e. The van der Waals surface area contributed by atoms with Crippen LogP contribution in [-0.4, -0.2) is 39.4 Å². The number of likely N-dealkylation sites (tertiary alicyclic amines) is 1. The van der Waals surface area contributed by atoms with Crippen LogP contribution in [0.5, 0.6) is 5.75 Å². The van der Waals surface area contributed by atoms with Crippen LogP contribution in [0.15, 0.2) is 59.5 Å². The second-order valence-electron chi connectivity index (χ2n) is 7.00. The topological polar surface area (TPSA) is 88.2 Å². The van der Waals surface area contributed by atoms with Crippen molar-refractivity contribution in [3.63, 3.8) is 0 Å². The lowest BCUT2D eigenvalue weighted by atomic mass is 10.1. The summed E-state index contributed by atoms with van der Waals surface area (Å²) in [6.07, 6.45) is 3.57. The van der Waals surface area contributed by atoms with E-state index >= 15 is 0 Å². The molecule has 0 spiro atoms. The first-order chi connectivity index (χ1) is 14.1. The minimum absolute atomic E-state index is 0.00615. The SMILES string of the molecule is COc1cccc(CC(=O)N2CCC[C@H]2c2nc(-c3ccccn3)cc(=O)[nH]2)c1. The molecule has 29 heavy (non-hydrogen) atoms. The van der Waals surface area contributed by atoms with E-state index in [0.29, 0.717) is 23.8 Å². The molecule has 1 aliphatic heterocycles. The van der Waals surface area contributed by atoms with Gasteiger partial charge < -0.3 is 14.6 Å². The standard InChI is InChI=1S/C22H22N4O3/c1-29-16-7-4-6-15(12-16)13-21(28)26-11-5-9-19(26)22-24-18(14-20(27)25-22)17-8-2-3-10-23-17/h2-4,6-8,10,12,14,19H,5,9,11,13H2,1H3,(H,24,25,27)/t19-/m0/s1. The van der Waals surface area contributed by atoms with E-state index in [-0.39, 0.29) is 23.9 Å². The fraction of sp³-hybridized carbons (Fsp3) is 0.273. The Morgan fingerprint density at radius 3 is 2.90 bits per heavy atom. The molecular formula is C22H22N4O3. The van der Waals surface area contributed by atoms with Crippen molar-refractivity contribution in [2.45, 2.75) is 25.3 Å². The highest BCUT2D eigenvalue weighted by atomic mass is 16.5. The molecule has 2 aromatic heterocycles. The van der Waals surface area contributed by atoms with Crippen molar-refractivity contribution in [1.29, 1.82) is 0 Å². The number of amides is 1. The third-order valence-electron chi connectivity index (χ3n) is 5.07. The highest BCUT2D eigenvalue weighted by Crippen LogP contribution is 2.31. The van der Waals surface area contributed by atoms with Gasteiger partial charge in [-0.3, -0.25) is 14.6 Å². The van der Waals surface area contributed by atoms with Crippen LogP contribution in [0.1, 0.15) is 30.3 Å². The number of carbonyl (C=O) groups excluding carboxylic acids is 1. The molecule has 148 valence electrons. The Labute approximate surface area is 168 Å². The summed E-state index contributed by atoms with van der Waals surface area (Å²) in [5.74, 6) is 1.24. The van der Waals surface area contributed by atoms with Gasteiger partial charge >= 0.3 is 0 Å². The van der Waals surface area contributed by atoms with Crippen LogP contribution in [0.4, 0.5) is 0 Å². The molecule has 0 unspecified atom stereocenters. The van der Waals surface area contributed by atoms with E-state index in [9.17, 15) is 9.59 Å². The third-order valence-corrected chi connectivity index (χ3v) is 5.07. The number of nitrogens with zero attached hydrogens (tertiary/aromatic N) is 3. The number of hydrogen-bond donors (Lipinski definition) is 1. The van der Waals surface area contributed by atoms with Gasteiger partial charge in [-0.05, 0) is 42.7 Å². The predicted molar refractivity (Wildman–Crippen MR) is 108 cm³/mol. The molecule has 0 saturated carbocycles. The van der Waals surface area contributed by atoms with Crippen molar-refractivity contribution in [2.75, 3.05) is 13.7 Å². The molecule has 7 heteroatoms. The van der Waals surface area contributed by atoms with Gasteiger partial charge in [0.05, 0.1) is 31.0 Å². The minimum Gasteiger partial charge on any atom is -0.497 e. The van der Waals surface area contributed by atoms with Crippen LogP contribution in [0, 0.1) is 0 Å². The average molecular weight is 390 g/mol. The predicted octanol–water partition coefficient (Wildman–Crippen LogP) is 2.75. The number of nitrogens with one attached hydrogen (secondary N) is 1. The number of aromatic amines is 1. The van der Waals surface area contributed by atoms with Gasteiger partial charge in [0, 0.05) is 18.8 Å². The zero-order valence-corrected chi connectivity index (χ0v) is 16.2. The molecule has 1 N–H and O–H groups in total. The molecule has 0 aliphatic carbocycles.